The van der Waals surface area contributed by atoms with E-state index >= 15 is 0 Å². The van der Waals surface area contributed by atoms with Gasteiger partial charge in [0.2, 0.25) is 0 Å². The summed E-state index contributed by atoms with van der Waals surface area (Å²) in [5, 5.41) is 22.1. The molecule has 1 heterocycles. The highest BCUT2D eigenvalue weighted by atomic mass is 35.5. The van der Waals surface area contributed by atoms with Gasteiger partial charge < -0.3 is 14.9 Å². The minimum atomic E-state index is -1.01. The molecule has 186 valence electrons. The number of ether oxygens (including phenoxy) is 1. The predicted molar refractivity (Wildman–Crippen MR) is 141 cm³/mol. The summed E-state index contributed by atoms with van der Waals surface area (Å²) in [6.07, 6.45) is 0. The number of hydrogen-bond donors (Lipinski definition) is 2. The van der Waals surface area contributed by atoms with E-state index in [2.05, 4.69) is 0 Å². The van der Waals surface area contributed by atoms with Crippen molar-refractivity contribution in [3.63, 3.8) is 0 Å². The Labute approximate surface area is 219 Å². The van der Waals surface area contributed by atoms with E-state index < -0.39 is 17.7 Å². The zero-order chi connectivity index (χ0) is 26.1. The number of Topliss-reactive ketones (excluding diaryl/α,β-unsaturated/α-hetero) is 1. The number of aliphatic hydroxyl groups excluding tert-OH is 1. The summed E-state index contributed by atoms with van der Waals surface area (Å²) in [5.74, 6) is -1.29. The van der Waals surface area contributed by atoms with Crippen molar-refractivity contribution in [3.05, 3.63) is 93.0 Å². The second-order valence-corrected chi connectivity index (χ2v) is 9.52. The highest BCUT2D eigenvalue weighted by Gasteiger charge is 2.47. The van der Waals surface area contributed by atoms with Gasteiger partial charge in [0.15, 0.2) is 0 Å². The molecule has 0 saturated carbocycles. The molecule has 8 heteroatoms. The molecule has 6 nitrogen and oxygen atoms in total. The van der Waals surface area contributed by atoms with Crippen LogP contribution in [0.1, 0.15) is 49.4 Å². The van der Waals surface area contributed by atoms with Gasteiger partial charge in [-0.3, -0.25) is 14.5 Å². The van der Waals surface area contributed by atoms with Gasteiger partial charge in [-0.15, -0.1) is 0 Å². The standard InChI is InChI=1S/C28H25Cl2NO5/c1-4-36-23-11-8-17(13-20(23)15(2)3)26(33)24-25(16-6-5-7-19(32)12-16)31(28(35)27(24)34)18-9-10-21(29)22(30)14-18/h5-15,25,32-33H,4H2,1-3H3/b26-24-. The van der Waals surface area contributed by atoms with Crippen molar-refractivity contribution in [3.8, 4) is 11.5 Å². The first-order chi connectivity index (χ1) is 17.1. The maximum Gasteiger partial charge on any atom is 0.300 e. The number of benzene rings is 3. The summed E-state index contributed by atoms with van der Waals surface area (Å²) in [6, 6.07) is 14.9. The van der Waals surface area contributed by atoms with Gasteiger partial charge in [0.25, 0.3) is 11.7 Å². The van der Waals surface area contributed by atoms with Crippen LogP contribution >= 0.6 is 23.2 Å². The van der Waals surface area contributed by atoms with E-state index in [1.807, 2.05) is 20.8 Å². The van der Waals surface area contributed by atoms with Crippen LogP contribution in [0.4, 0.5) is 5.69 Å². The van der Waals surface area contributed by atoms with Gasteiger partial charge in [0.1, 0.15) is 17.3 Å². The molecular weight excluding hydrogens is 501 g/mol. The van der Waals surface area contributed by atoms with E-state index in [4.69, 9.17) is 27.9 Å². The van der Waals surface area contributed by atoms with Crippen LogP contribution in [-0.4, -0.2) is 28.5 Å². The molecule has 0 radical (unpaired) electrons. The van der Waals surface area contributed by atoms with Crippen LogP contribution in [0, 0.1) is 0 Å². The van der Waals surface area contributed by atoms with Crippen LogP contribution in [0.15, 0.2) is 66.2 Å². The van der Waals surface area contributed by atoms with E-state index in [0.29, 0.717) is 34.2 Å². The van der Waals surface area contributed by atoms with Crippen LogP contribution in [0.25, 0.3) is 5.76 Å². The van der Waals surface area contributed by atoms with Gasteiger partial charge in [-0.05, 0) is 72.5 Å². The third kappa shape index (κ3) is 4.66. The molecule has 1 saturated heterocycles. The first-order valence-electron chi connectivity index (χ1n) is 11.5. The molecule has 1 aliphatic rings. The average molecular weight is 526 g/mol. The minimum Gasteiger partial charge on any atom is -0.508 e. The first-order valence-corrected chi connectivity index (χ1v) is 12.2. The number of rotatable bonds is 6. The maximum atomic E-state index is 13.4. The monoisotopic (exact) mass is 525 g/mol. The summed E-state index contributed by atoms with van der Waals surface area (Å²) < 4.78 is 5.72. The molecule has 1 atom stereocenters. The van der Waals surface area contributed by atoms with Crippen molar-refractivity contribution in [1.29, 1.82) is 0 Å². The highest BCUT2D eigenvalue weighted by Crippen LogP contribution is 2.44. The van der Waals surface area contributed by atoms with Crippen LogP contribution in [0.5, 0.6) is 11.5 Å². The van der Waals surface area contributed by atoms with Gasteiger partial charge in [0, 0.05) is 11.3 Å². The van der Waals surface area contributed by atoms with Gasteiger partial charge in [-0.25, -0.2) is 0 Å². The second-order valence-electron chi connectivity index (χ2n) is 8.70. The molecule has 1 unspecified atom stereocenters. The van der Waals surface area contributed by atoms with Crippen molar-refractivity contribution < 1.29 is 24.5 Å². The van der Waals surface area contributed by atoms with E-state index in [1.165, 1.54) is 29.2 Å². The van der Waals surface area contributed by atoms with Crippen molar-refractivity contribution in [2.45, 2.75) is 32.7 Å². The van der Waals surface area contributed by atoms with Gasteiger partial charge in [0.05, 0.1) is 28.3 Å². The van der Waals surface area contributed by atoms with E-state index in [-0.39, 0.29) is 28.0 Å². The molecule has 1 amide bonds. The zero-order valence-corrected chi connectivity index (χ0v) is 21.5. The Morgan fingerprint density at radius 1 is 1.03 bits per heavy atom. The van der Waals surface area contributed by atoms with Gasteiger partial charge in [-0.1, -0.05) is 49.2 Å². The number of aliphatic hydroxyl groups is 1. The molecule has 2 N–H and O–H groups in total. The Bertz CT molecular complexity index is 1380. The summed E-state index contributed by atoms with van der Waals surface area (Å²) >= 11 is 12.3. The van der Waals surface area contributed by atoms with Gasteiger partial charge in [-0.2, -0.15) is 0 Å². The lowest BCUT2D eigenvalue weighted by molar-refractivity contribution is -0.132. The molecule has 3 aromatic carbocycles. The molecule has 1 aliphatic heterocycles. The molecule has 1 fully saturated rings. The molecule has 0 aromatic heterocycles. The highest BCUT2D eigenvalue weighted by molar-refractivity contribution is 6.52. The Morgan fingerprint density at radius 2 is 1.78 bits per heavy atom. The average Bonchev–Trinajstić information content (AvgIpc) is 3.11. The Kier molecular flexibility index (Phi) is 7.29. The maximum absolute atomic E-state index is 13.4. The number of ketones is 1. The third-order valence-corrected chi connectivity index (χ3v) is 6.76. The van der Waals surface area contributed by atoms with Crippen LogP contribution < -0.4 is 9.64 Å². The number of nitrogens with zero attached hydrogens (tertiary/aromatic N) is 1. The number of hydrogen-bond acceptors (Lipinski definition) is 5. The van der Waals surface area contributed by atoms with Crippen LogP contribution in [-0.2, 0) is 9.59 Å². The number of aromatic hydroxyl groups is 1. The molecular formula is C28H25Cl2NO5. The number of carbonyl (C=O) groups is 2. The molecule has 0 aliphatic carbocycles. The Hall–Kier alpha value is -3.48. The lowest BCUT2D eigenvalue weighted by Gasteiger charge is -2.26. The van der Waals surface area contributed by atoms with E-state index in [0.717, 1.165) is 5.56 Å². The number of phenols is 1. The SMILES string of the molecule is CCOc1ccc(/C(O)=C2/C(=O)C(=O)N(c3ccc(Cl)c(Cl)c3)C2c2cccc(O)c2)cc1C(C)C. The fourth-order valence-electron chi connectivity index (χ4n) is 4.33. The Morgan fingerprint density at radius 3 is 2.42 bits per heavy atom. The van der Waals surface area contributed by atoms with Crippen molar-refractivity contribution in [2.24, 2.45) is 0 Å². The van der Waals surface area contributed by atoms with E-state index in [1.54, 1.807) is 36.4 Å². The topological polar surface area (TPSA) is 87.1 Å². The fraction of sp³-hybridized carbons (Fsp3) is 0.214. The third-order valence-electron chi connectivity index (χ3n) is 6.02. The van der Waals surface area contributed by atoms with Crippen LogP contribution in [0.3, 0.4) is 0 Å². The molecule has 0 spiro atoms. The molecule has 3 aromatic rings. The van der Waals surface area contributed by atoms with Gasteiger partial charge >= 0.3 is 0 Å². The number of phenolic OH excluding ortho intramolecular Hbond substituents is 1. The largest absolute Gasteiger partial charge is 0.508 e. The molecule has 4 rings (SSSR count). The summed E-state index contributed by atoms with van der Waals surface area (Å²) in [6.45, 7) is 6.37. The van der Waals surface area contributed by atoms with Crippen molar-refractivity contribution >= 4 is 46.3 Å². The lowest BCUT2D eigenvalue weighted by Crippen LogP contribution is -2.29. The normalized spacial score (nSPS) is 17.2. The quantitative estimate of drug-likeness (QED) is 0.209. The number of halogens is 2. The Balaban J connectivity index is 1.95. The summed E-state index contributed by atoms with van der Waals surface area (Å²) in [4.78, 5) is 27.9. The number of amides is 1. The van der Waals surface area contributed by atoms with Crippen molar-refractivity contribution in [2.75, 3.05) is 11.5 Å². The predicted octanol–water partition coefficient (Wildman–Crippen LogP) is 6.85. The van der Waals surface area contributed by atoms with Crippen molar-refractivity contribution in [1.82, 2.24) is 0 Å². The number of carbonyl (C=O) groups excluding carboxylic acids is 2. The molecule has 0 bridgehead atoms. The molecule has 36 heavy (non-hydrogen) atoms. The fourth-order valence-corrected chi connectivity index (χ4v) is 4.63. The van der Waals surface area contributed by atoms with Crippen LogP contribution in [0.2, 0.25) is 10.0 Å². The number of anilines is 1. The summed E-state index contributed by atoms with van der Waals surface area (Å²) in [7, 11) is 0. The first kappa shape index (κ1) is 25.6. The summed E-state index contributed by atoms with van der Waals surface area (Å²) in [5.41, 5.74) is 1.90. The lowest BCUT2D eigenvalue weighted by atomic mass is 9.93. The smallest absolute Gasteiger partial charge is 0.300 e. The second kappa shape index (κ2) is 10.2. The minimum absolute atomic E-state index is 0.0459. The zero-order valence-electron chi connectivity index (χ0n) is 20.0. The van der Waals surface area contributed by atoms with E-state index in [9.17, 15) is 19.8 Å².